The predicted octanol–water partition coefficient (Wildman–Crippen LogP) is -0.388. The maximum absolute atomic E-state index is 12.2. The second-order valence-electron chi connectivity index (χ2n) is 4.30. The summed E-state index contributed by atoms with van der Waals surface area (Å²) in [5.41, 5.74) is 0. The summed E-state index contributed by atoms with van der Waals surface area (Å²) in [4.78, 5) is 14.1. The molecule has 1 amide bonds. The van der Waals surface area contributed by atoms with Gasteiger partial charge in [-0.3, -0.25) is 4.79 Å². The third kappa shape index (κ3) is 2.72. The summed E-state index contributed by atoms with van der Waals surface area (Å²) in [6.45, 7) is 6.29. The van der Waals surface area contributed by atoms with Crippen molar-refractivity contribution in [2.75, 3.05) is 39.5 Å². The SMILES string of the molecule is C[C@H]1OCCN[C@@H]1C(=O)N1CCCOCC1. The van der Waals surface area contributed by atoms with E-state index in [-0.39, 0.29) is 18.1 Å². The lowest BCUT2D eigenvalue weighted by Gasteiger charge is -2.33. The van der Waals surface area contributed by atoms with E-state index in [0.29, 0.717) is 19.8 Å². The summed E-state index contributed by atoms with van der Waals surface area (Å²) in [5, 5.41) is 3.23. The van der Waals surface area contributed by atoms with Crippen molar-refractivity contribution >= 4 is 5.91 Å². The summed E-state index contributed by atoms with van der Waals surface area (Å²) in [6, 6.07) is -0.188. The fourth-order valence-electron chi connectivity index (χ4n) is 2.17. The topological polar surface area (TPSA) is 50.8 Å². The zero-order chi connectivity index (χ0) is 11.4. The lowest BCUT2D eigenvalue weighted by Crippen LogP contribution is -2.56. The van der Waals surface area contributed by atoms with Crippen LogP contribution in [-0.2, 0) is 14.3 Å². The van der Waals surface area contributed by atoms with E-state index in [1.54, 1.807) is 0 Å². The van der Waals surface area contributed by atoms with Crippen molar-refractivity contribution in [1.29, 1.82) is 0 Å². The molecule has 0 bridgehead atoms. The number of hydrogen-bond donors (Lipinski definition) is 1. The Balaban J connectivity index is 1.93. The minimum atomic E-state index is -0.188. The molecule has 5 heteroatoms. The first kappa shape index (κ1) is 11.8. The van der Waals surface area contributed by atoms with E-state index >= 15 is 0 Å². The Kier molecular flexibility index (Phi) is 4.15. The first-order valence-corrected chi connectivity index (χ1v) is 6.00. The van der Waals surface area contributed by atoms with Crippen LogP contribution < -0.4 is 5.32 Å². The predicted molar refractivity (Wildman–Crippen MR) is 59.2 cm³/mol. The molecule has 2 rings (SSSR count). The molecular formula is C11H20N2O3. The number of amides is 1. The van der Waals surface area contributed by atoms with E-state index in [4.69, 9.17) is 9.47 Å². The molecule has 0 saturated carbocycles. The van der Waals surface area contributed by atoms with Gasteiger partial charge in [-0.25, -0.2) is 0 Å². The fourth-order valence-corrected chi connectivity index (χ4v) is 2.17. The van der Waals surface area contributed by atoms with Crippen molar-refractivity contribution in [3.8, 4) is 0 Å². The van der Waals surface area contributed by atoms with E-state index in [1.165, 1.54) is 0 Å². The monoisotopic (exact) mass is 228 g/mol. The Hall–Kier alpha value is -0.650. The minimum absolute atomic E-state index is 0.0366. The lowest BCUT2D eigenvalue weighted by atomic mass is 10.1. The van der Waals surface area contributed by atoms with E-state index in [9.17, 15) is 4.79 Å². The molecule has 0 radical (unpaired) electrons. The second-order valence-corrected chi connectivity index (χ2v) is 4.30. The quantitative estimate of drug-likeness (QED) is 0.664. The third-order valence-corrected chi connectivity index (χ3v) is 3.12. The Bertz CT molecular complexity index is 239. The lowest BCUT2D eigenvalue weighted by molar-refractivity contribution is -0.139. The molecule has 0 unspecified atom stereocenters. The van der Waals surface area contributed by atoms with E-state index in [0.717, 1.165) is 26.1 Å². The Labute approximate surface area is 96.1 Å². The van der Waals surface area contributed by atoms with Crippen LogP contribution in [0.4, 0.5) is 0 Å². The van der Waals surface area contributed by atoms with Crippen LogP contribution >= 0.6 is 0 Å². The van der Waals surface area contributed by atoms with Gasteiger partial charge in [-0.2, -0.15) is 0 Å². The number of carbonyl (C=O) groups is 1. The summed E-state index contributed by atoms with van der Waals surface area (Å²) in [6.07, 6.45) is 0.888. The average molecular weight is 228 g/mol. The number of nitrogens with zero attached hydrogens (tertiary/aromatic N) is 1. The number of carbonyl (C=O) groups excluding carboxylic acids is 1. The molecule has 0 spiro atoms. The van der Waals surface area contributed by atoms with Crippen LogP contribution in [0.15, 0.2) is 0 Å². The maximum Gasteiger partial charge on any atom is 0.242 e. The summed E-state index contributed by atoms with van der Waals surface area (Å²) in [5.74, 6) is 0.151. The molecule has 2 heterocycles. The third-order valence-electron chi connectivity index (χ3n) is 3.12. The van der Waals surface area contributed by atoms with E-state index < -0.39 is 0 Å². The highest BCUT2D eigenvalue weighted by molar-refractivity contribution is 5.82. The van der Waals surface area contributed by atoms with Crippen LogP contribution in [0.2, 0.25) is 0 Å². The van der Waals surface area contributed by atoms with Crippen LogP contribution in [0, 0.1) is 0 Å². The van der Waals surface area contributed by atoms with Gasteiger partial charge in [-0.05, 0) is 13.3 Å². The second kappa shape index (κ2) is 5.61. The molecule has 2 saturated heterocycles. The largest absolute Gasteiger partial charge is 0.380 e. The molecule has 0 aromatic carbocycles. The van der Waals surface area contributed by atoms with Crippen molar-refractivity contribution < 1.29 is 14.3 Å². The van der Waals surface area contributed by atoms with Crippen molar-refractivity contribution in [1.82, 2.24) is 10.2 Å². The molecule has 1 N–H and O–H groups in total. The highest BCUT2D eigenvalue weighted by atomic mass is 16.5. The number of nitrogens with one attached hydrogen (secondary N) is 1. The highest BCUT2D eigenvalue weighted by Crippen LogP contribution is 2.09. The molecule has 5 nitrogen and oxygen atoms in total. The van der Waals surface area contributed by atoms with Crippen molar-refractivity contribution in [3.63, 3.8) is 0 Å². The van der Waals surface area contributed by atoms with Gasteiger partial charge in [0.25, 0.3) is 0 Å². The summed E-state index contributed by atoms with van der Waals surface area (Å²) in [7, 11) is 0. The molecule has 2 aliphatic rings. The first-order chi connectivity index (χ1) is 7.79. The highest BCUT2D eigenvalue weighted by Gasteiger charge is 2.31. The van der Waals surface area contributed by atoms with Crippen LogP contribution in [0.25, 0.3) is 0 Å². The van der Waals surface area contributed by atoms with Crippen LogP contribution in [-0.4, -0.2) is 62.4 Å². The molecule has 16 heavy (non-hydrogen) atoms. The molecule has 0 aliphatic carbocycles. The van der Waals surface area contributed by atoms with Crippen molar-refractivity contribution in [3.05, 3.63) is 0 Å². The van der Waals surface area contributed by atoms with Gasteiger partial charge in [0, 0.05) is 26.2 Å². The number of rotatable bonds is 1. The molecule has 2 fully saturated rings. The van der Waals surface area contributed by atoms with Gasteiger partial charge in [0.2, 0.25) is 5.91 Å². The molecular weight excluding hydrogens is 208 g/mol. The average Bonchev–Trinajstić information content (AvgIpc) is 2.57. The van der Waals surface area contributed by atoms with Gasteiger partial charge < -0.3 is 19.7 Å². The summed E-state index contributed by atoms with van der Waals surface area (Å²) < 4.78 is 10.8. The zero-order valence-corrected chi connectivity index (χ0v) is 9.78. The van der Waals surface area contributed by atoms with Crippen LogP contribution in [0.5, 0.6) is 0 Å². The smallest absolute Gasteiger partial charge is 0.242 e. The Morgan fingerprint density at radius 1 is 1.31 bits per heavy atom. The minimum Gasteiger partial charge on any atom is -0.380 e. The normalized spacial score (nSPS) is 32.2. The number of ether oxygens (including phenoxy) is 2. The fraction of sp³-hybridized carbons (Fsp3) is 0.909. The Morgan fingerprint density at radius 2 is 2.19 bits per heavy atom. The molecule has 0 aromatic rings. The van der Waals surface area contributed by atoms with Gasteiger partial charge in [0.05, 0.1) is 19.3 Å². The molecule has 2 atom stereocenters. The van der Waals surface area contributed by atoms with Crippen LogP contribution in [0.3, 0.4) is 0 Å². The zero-order valence-electron chi connectivity index (χ0n) is 9.78. The molecule has 2 aliphatic heterocycles. The van der Waals surface area contributed by atoms with Crippen molar-refractivity contribution in [2.45, 2.75) is 25.5 Å². The van der Waals surface area contributed by atoms with Crippen LogP contribution in [0.1, 0.15) is 13.3 Å². The maximum atomic E-state index is 12.2. The van der Waals surface area contributed by atoms with E-state index in [2.05, 4.69) is 5.32 Å². The molecule has 92 valence electrons. The van der Waals surface area contributed by atoms with Gasteiger partial charge in [-0.15, -0.1) is 0 Å². The van der Waals surface area contributed by atoms with Gasteiger partial charge in [0.15, 0.2) is 0 Å². The Morgan fingerprint density at radius 3 is 3.00 bits per heavy atom. The van der Waals surface area contributed by atoms with Gasteiger partial charge in [0.1, 0.15) is 6.04 Å². The van der Waals surface area contributed by atoms with Crippen molar-refractivity contribution in [2.24, 2.45) is 0 Å². The number of hydrogen-bond acceptors (Lipinski definition) is 4. The van der Waals surface area contributed by atoms with Gasteiger partial charge in [-0.1, -0.05) is 0 Å². The molecule has 0 aromatic heterocycles. The standard InChI is InChI=1S/C11H20N2O3/c1-9-10(12-3-7-16-9)11(14)13-4-2-6-15-8-5-13/h9-10,12H,2-8H2,1H3/t9-,10+/m1/s1. The van der Waals surface area contributed by atoms with Gasteiger partial charge >= 0.3 is 0 Å². The summed E-state index contributed by atoms with van der Waals surface area (Å²) >= 11 is 0. The van der Waals surface area contributed by atoms with E-state index in [1.807, 2.05) is 11.8 Å². The number of morpholine rings is 1. The first-order valence-electron chi connectivity index (χ1n) is 6.00.